The molecular formula is C30H16N6O10. The number of nitro benzene ring substituents is 2. The van der Waals surface area contributed by atoms with Crippen LogP contribution in [0.1, 0.15) is 84.4 Å². The summed E-state index contributed by atoms with van der Waals surface area (Å²) in [6, 6.07) is 12.4. The van der Waals surface area contributed by atoms with Crippen LogP contribution in [0.4, 0.5) is 22.7 Å². The number of benzene rings is 4. The average Bonchev–Trinajstić information content (AvgIpc) is 3.04. The molecule has 0 aromatic heterocycles. The number of nitrogen functional groups attached to an aromatic ring is 2. The molecule has 6 rings (SSSR count). The SMILES string of the molecule is Nc1c(C(=O)NNC(=O)c2cc([N+](=O)[O-])c3c(c2N)C(=O)c2ccccc2C3=O)cc([N+](=O)[O-])c2c1C(=O)c1ccccc1C2=O. The lowest BCUT2D eigenvalue weighted by atomic mass is 9.81. The molecule has 2 amide bonds. The number of hydrogen-bond donors (Lipinski definition) is 4. The Labute approximate surface area is 255 Å². The van der Waals surface area contributed by atoms with E-state index >= 15 is 0 Å². The van der Waals surface area contributed by atoms with Crippen molar-refractivity contribution >= 4 is 57.7 Å². The molecule has 4 aromatic carbocycles. The van der Waals surface area contributed by atoms with Gasteiger partial charge in [-0.1, -0.05) is 48.5 Å². The van der Waals surface area contributed by atoms with Gasteiger partial charge in [0, 0.05) is 34.4 Å². The maximum atomic E-state index is 13.3. The third kappa shape index (κ3) is 4.08. The minimum absolute atomic E-state index is 0.0904. The maximum Gasteiger partial charge on any atom is 0.282 e. The molecule has 16 nitrogen and oxygen atoms in total. The number of nitrogens with two attached hydrogens (primary N) is 2. The van der Waals surface area contributed by atoms with Crippen molar-refractivity contribution in [1.82, 2.24) is 10.9 Å². The second-order valence-corrected chi connectivity index (χ2v) is 10.0. The largest absolute Gasteiger partial charge is 0.397 e. The molecule has 0 atom stereocenters. The molecule has 16 heteroatoms. The molecule has 0 aliphatic heterocycles. The van der Waals surface area contributed by atoms with Crippen LogP contribution < -0.4 is 22.3 Å². The van der Waals surface area contributed by atoms with Crippen LogP contribution in [0.25, 0.3) is 0 Å². The van der Waals surface area contributed by atoms with Gasteiger partial charge in [0.25, 0.3) is 23.2 Å². The molecule has 0 saturated carbocycles. The molecule has 0 spiro atoms. The van der Waals surface area contributed by atoms with Crippen LogP contribution in [-0.2, 0) is 0 Å². The lowest BCUT2D eigenvalue weighted by molar-refractivity contribution is -0.385. The normalized spacial score (nSPS) is 12.8. The van der Waals surface area contributed by atoms with Crippen LogP contribution >= 0.6 is 0 Å². The van der Waals surface area contributed by atoms with Gasteiger partial charge in [0.05, 0.1) is 43.5 Å². The first-order valence-electron chi connectivity index (χ1n) is 13.0. The first kappa shape index (κ1) is 29.0. The summed E-state index contributed by atoms with van der Waals surface area (Å²) in [5.41, 5.74) is 9.02. The van der Waals surface area contributed by atoms with Crippen LogP contribution in [0.15, 0.2) is 60.7 Å². The van der Waals surface area contributed by atoms with Crippen LogP contribution in [0, 0.1) is 20.2 Å². The van der Waals surface area contributed by atoms with Gasteiger partial charge < -0.3 is 11.5 Å². The van der Waals surface area contributed by atoms with Crippen LogP contribution in [0.2, 0.25) is 0 Å². The summed E-state index contributed by atoms with van der Waals surface area (Å²) >= 11 is 0. The van der Waals surface area contributed by atoms with E-state index in [1.807, 2.05) is 10.9 Å². The first-order valence-corrected chi connectivity index (χ1v) is 13.0. The number of nitrogens with one attached hydrogen (secondary N) is 2. The summed E-state index contributed by atoms with van der Waals surface area (Å²) in [5.74, 6) is -5.96. The van der Waals surface area contributed by atoms with E-state index in [9.17, 15) is 49.0 Å². The Balaban J connectivity index is 1.36. The third-order valence-electron chi connectivity index (χ3n) is 7.61. The molecule has 2 aliphatic rings. The molecule has 0 unspecified atom stereocenters. The van der Waals surface area contributed by atoms with E-state index in [0.29, 0.717) is 12.1 Å². The van der Waals surface area contributed by atoms with E-state index in [2.05, 4.69) is 0 Å². The fraction of sp³-hybridized carbons (Fsp3) is 0. The summed E-state index contributed by atoms with van der Waals surface area (Å²) in [6.07, 6.45) is 0. The number of anilines is 2. The van der Waals surface area contributed by atoms with Gasteiger partial charge in [-0.3, -0.25) is 59.8 Å². The molecule has 0 saturated heterocycles. The average molecular weight is 620 g/mol. The van der Waals surface area contributed by atoms with Crippen molar-refractivity contribution in [3.8, 4) is 0 Å². The van der Waals surface area contributed by atoms with Crippen molar-refractivity contribution in [3.63, 3.8) is 0 Å². The Hall–Kier alpha value is -7.10. The molecular weight excluding hydrogens is 604 g/mol. The van der Waals surface area contributed by atoms with Gasteiger partial charge in [-0.2, -0.15) is 0 Å². The molecule has 0 fully saturated rings. The fourth-order valence-corrected chi connectivity index (χ4v) is 5.51. The molecule has 0 heterocycles. The summed E-state index contributed by atoms with van der Waals surface area (Å²) in [5, 5.41) is 23.8. The van der Waals surface area contributed by atoms with Crippen LogP contribution in [0.5, 0.6) is 0 Å². The fourth-order valence-electron chi connectivity index (χ4n) is 5.51. The number of carbonyl (C=O) groups is 6. The molecule has 2 aliphatic carbocycles. The van der Waals surface area contributed by atoms with Crippen molar-refractivity contribution in [2.75, 3.05) is 11.5 Å². The summed E-state index contributed by atoms with van der Waals surface area (Å²) < 4.78 is 0. The van der Waals surface area contributed by atoms with E-state index in [4.69, 9.17) is 11.5 Å². The van der Waals surface area contributed by atoms with Crippen molar-refractivity contribution in [1.29, 1.82) is 0 Å². The zero-order valence-electron chi connectivity index (χ0n) is 22.9. The quantitative estimate of drug-likeness (QED) is 0.126. The number of amides is 2. The molecule has 0 radical (unpaired) electrons. The minimum Gasteiger partial charge on any atom is -0.397 e. The Morgan fingerprint density at radius 3 is 1.11 bits per heavy atom. The lowest BCUT2D eigenvalue weighted by Crippen LogP contribution is -2.42. The highest BCUT2D eigenvalue weighted by atomic mass is 16.6. The van der Waals surface area contributed by atoms with Gasteiger partial charge in [0.15, 0.2) is 11.6 Å². The number of ketones is 4. The van der Waals surface area contributed by atoms with E-state index in [0.717, 1.165) is 0 Å². The molecule has 4 aromatic rings. The van der Waals surface area contributed by atoms with E-state index in [1.54, 1.807) is 0 Å². The predicted octanol–water partition coefficient (Wildman–Crippen LogP) is 2.29. The van der Waals surface area contributed by atoms with Gasteiger partial charge in [-0.15, -0.1) is 0 Å². The van der Waals surface area contributed by atoms with E-state index in [1.165, 1.54) is 48.5 Å². The predicted molar refractivity (Wildman–Crippen MR) is 157 cm³/mol. The Morgan fingerprint density at radius 2 is 0.826 bits per heavy atom. The second-order valence-electron chi connectivity index (χ2n) is 10.0. The maximum absolute atomic E-state index is 13.3. The van der Waals surface area contributed by atoms with Gasteiger partial charge in [0.2, 0.25) is 11.6 Å². The topological polar surface area (TPSA) is 265 Å². The van der Waals surface area contributed by atoms with Gasteiger partial charge in [0.1, 0.15) is 11.1 Å². The number of carbonyl (C=O) groups excluding carboxylic acids is 6. The highest BCUT2D eigenvalue weighted by Crippen LogP contribution is 2.40. The smallest absolute Gasteiger partial charge is 0.282 e. The molecule has 46 heavy (non-hydrogen) atoms. The van der Waals surface area contributed by atoms with Gasteiger partial charge >= 0.3 is 0 Å². The highest BCUT2D eigenvalue weighted by molar-refractivity contribution is 6.33. The monoisotopic (exact) mass is 620 g/mol. The third-order valence-corrected chi connectivity index (χ3v) is 7.61. The standard InChI is InChI=1S/C30H16N6O10/c31-23-15(9-17(35(43)44)19-21(23)27(39)13-7-3-1-5-11(13)25(19)37)29(41)33-34-30(42)16-10-18(36(45)46)20-22(24(16)32)28(40)14-8-4-2-6-12(14)26(20)38/h1-10H,31-32H2,(H,33,41)(H,34,42). The van der Waals surface area contributed by atoms with Crippen molar-refractivity contribution < 1.29 is 38.6 Å². The first-order chi connectivity index (χ1) is 21.8. The zero-order valence-corrected chi connectivity index (χ0v) is 22.9. The number of rotatable bonds is 4. The molecule has 0 bridgehead atoms. The number of hydrogen-bond acceptors (Lipinski definition) is 12. The number of hydrazine groups is 1. The second kappa shape index (κ2) is 10.3. The summed E-state index contributed by atoms with van der Waals surface area (Å²) in [7, 11) is 0. The number of nitrogens with zero attached hydrogens (tertiary/aromatic N) is 2. The molecule has 226 valence electrons. The van der Waals surface area contributed by atoms with E-state index in [-0.39, 0.29) is 22.3 Å². The van der Waals surface area contributed by atoms with Crippen molar-refractivity contribution in [2.45, 2.75) is 0 Å². The zero-order chi connectivity index (χ0) is 33.2. The highest BCUT2D eigenvalue weighted by Gasteiger charge is 2.41. The van der Waals surface area contributed by atoms with Gasteiger partial charge in [-0.25, -0.2) is 0 Å². The number of fused-ring (bicyclic) bond motifs is 4. The Kier molecular flexibility index (Phi) is 6.47. The minimum atomic E-state index is -1.28. The van der Waals surface area contributed by atoms with Gasteiger partial charge in [-0.05, 0) is 0 Å². The lowest BCUT2D eigenvalue weighted by Gasteiger charge is -2.21. The summed E-state index contributed by atoms with van der Waals surface area (Å²) in [4.78, 5) is 101. The van der Waals surface area contributed by atoms with Crippen LogP contribution in [-0.4, -0.2) is 44.8 Å². The van der Waals surface area contributed by atoms with E-state index < -0.39 is 101 Å². The Morgan fingerprint density at radius 1 is 0.543 bits per heavy atom. The Bertz CT molecular complexity index is 2050. The molecule has 6 N–H and O–H groups in total. The van der Waals surface area contributed by atoms with Crippen LogP contribution in [0.3, 0.4) is 0 Å². The number of nitro groups is 2. The summed E-state index contributed by atoms with van der Waals surface area (Å²) in [6.45, 7) is 0. The van der Waals surface area contributed by atoms with Crippen molar-refractivity contribution in [2.24, 2.45) is 0 Å². The van der Waals surface area contributed by atoms with Crippen molar-refractivity contribution in [3.05, 3.63) is 137 Å².